The van der Waals surface area contributed by atoms with E-state index in [1.165, 1.54) is 17.1 Å². The van der Waals surface area contributed by atoms with E-state index in [4.69, 9.17) is 0 Å². The molecule has 0 aromatic carbocycles. The summed E-state index contributed by atoms with van der Waals surface area (Å²) >= 11 is 0. The molecule has 0 radical (unpaired) electrons. The number of sulfonamides is 1. The van der Waals surface area contributed by atoms with Gasteiger partial charge in [-0.05, 0) is 18.6 Å². The summed E-state index contributed by atoms with van der Waals surface area (Å²) in [5, 5.41) is 3.85. The Hall–Kier alpha value is -1.73. The molecule has 0 spiro atoms. The van der Waals surface area contributed by atoms with Crippen molar-refractivity contribution in [3.63, 3.8) is 0 Å². The number of aromatic nitrogens is 3. The molecule has 0 saturated heterocycles. The predicted octanol–water partition coefficient (Wildman–Crippen LogP) is 0.855. The van der Waals surface area contributed by atoms with Crippen molar-refractivity contribution in [3.05, 3.63) is 42.5 Å². The zero-order valence-electron chi connectivity index (χ0n) is 10.1. The van der Waals surface area contributed by atoms with Crippen molar-refractivity contribution < 1.29 is 8.42 Å². The maximum atomic E-state index is 12.0. The van der Waals surface area contributed by atoms with Gasteiger partial charge in [-0.2, -0.15) is 5.10 Å². The molecule has 0 amide bonds. The lowest BCUT2D eigenvalue weighted by molar-refractivity contribution is 0.566. The SMILES string of the molecule is C[C@H](NS(=O)(=O)c1cnn(C)c1)c1cccnc1. The molecule has 0 aliphatic rings. The third-order valence-electron chi connectivity index (χ3n) is 2.51. The lowest BCUT2D eigenvalue weighted by Crippen LogP contribution is -2.26. The standard InChI is InChI=1S/C11H14N4O2S/c1-9(10-4-3-5-12-6-10)14-18(16,17)11-7-13-15(2)8-11/h3-9,14H,1-2H3/t9-/m0/s1. The van der Waals surface area contributed by atoms with E-state index in [0.717, 1.165) is 5.56 Å². The van der Waals surface area contributed by atoms with E-state index in [2.05, 4.69) is 14.8 Å². The van der Waals surface area contributed by atoms with Gasteiger partial charge in [0.05, 0.1) is 6.20 Å². The highest BCUT2D eigenvalue weighted by atomic mass is 32.2. The molecule has 0 aliphatic carbocycles. The van der Waals surface area contributed by atoms with Gasteiger partial charge in [0.2, 0.25) is 10.0 Å². The molecular formula is C11H14N4O2S. The van der Waals surface area contributed by atoms with E-state index in [1.807, 2.05) is 6.07 Å². The Morgan fingerprint density at radius 2 is 2.17 bits per heavy atom. The number of nitrogens with one attached hydrogen (secondary N) is 1. The molecule has 96 valence electrons. The van der Waals surface area contributed by atoms with Gasteiger partial charge in [-0.3, -0.25) is 9.67 Å². The second kappa shape index (κ2) is 4.87. The molecule has 2 aromatic rings. The summed E-state index contributed by atoms with van der Waals surface area (Å²) < 4.78 is 28.1. The molecule has 2 aromatic heterocycles. The molecule has 7 heteroatoms. The van der Waals surface area contributed by atoms with Crippen molar-refractivity contribution in [2.24, 2.45) is 7.05 Å². The fourth-order valence-corrected chi connectivity index (χ4v) is 2.75. The van der Waals surface area contributed by atoms with Crippen LogP contribution in [0.1, 0.15) is 18.5 Å². The highest BCUT2D eigenvalue weighted by molar-refractivity contribution is 7.89. The third-order valence-corrected chi connectivity index (χ3v) is 4.00. The van der Waals surface area contributed by atoms with Gasteiger partial charge in [0.25, 0.3) is 0 Å². The van der Waals surface area contributed by atoms with Crippen LogP contribution in [0.15, 0.2) is 41.8 Å². The minimum atomic E-state index is -3.55. The monoisotopic (exact) mass is 266 g/mol. The number of nitrogens with zero attached hydrogens (tertiary/aromatic N) is 3. The fraction of sp³-hybridized carbons (Fsp3) is 0.273. The lowest BCUT2D eigenvalue weighted by Gasteiger charge is -2.13. The summed E-state index contributed by atoms with van der Waals surface area (Å²) in [6, 6.07) is 3.25. The van der Waals surface area contributed by atoms with Crippen LogP contribution in [0.25, 0.3) is 0 Å². The van der Waals surface area contributed by atoms with E-state index >= 15 is 0 Å². The van der Waals surface area contributed by atoms with Gasteiger partial charge in [0.1, 0.15) is 4.90 Å². The first-order valence-corrected chi connectivity index (χ1v) is 6.88. The van der Waals surface area contributed by atoms with Crippen LogP contribution in [-0.4, -0.2) is 23.2 Å². The zero-order chi connectivity index (χ0) is 13.2. The van der Waals surface area contributed by atoms with Crippen LogP contribution in [0.3, 0.4) is 0 Å². The second-order valence-corrected chi connectivity index (χ2v) is 5.69. The van der Waals surface area contributed by atoms with Gasteiger partial charge < -0.3 is 0 Å². The van der Waals surface area contributed by atoms with Crippen molar-refractivity contribution in [1.82, 2.24) is 19.5 Å². The van der Waals surface area contributed by atoms with Crippen LogP contribution < -0.4 is 4.72 Å². The van der Waals surface area contributed by atoms with Crippen molar-refractivity contribution in [2.45, 2.75) is 17.9 Å². The molecule has 2 heterocycles. The molecule has 2 rings (SSSR count). The molecule has 6 nitrogen and oxygen atoms in total. The van der Waals surface area contributed by atoms with Crippen molar-refractivity contribution >= 4 is 10.0 Å². The van der Waals surface area contributed by atoms with Crippen LogP contribution in [0.5, 0.6) is 0 Å². The number of rotatable bonds is 4. The van der Waals surface area contributed by atoms with E-state index in [0.29, 0.717) is 0 Å². The fourth-order valence-electron chi connectivity index (χ4n) is 1.54. The maximum absolute atomic E-state index is 12.0. The summed E-state index contributed by atoms with van der Waals surface area (Å²) in [6.07, 6.45) is 6.05. The van der Waals surface area contributed by atoms with E-state index in [9.17, 15) is 8.42 Å². The average Bonchev–Trinajstić information content (AvgIpc) is 2.77. The van der Waals surface area contributed by atoms with Crippen LogP contribution in [0, 0.1) is 0 Å². The Bertz CT molecular complexity index is 622. The first kappa shape index (κ1) is 12.7. The zero-order valence-corrected chi connectivity index (χ0v) is 10.9. The average molecular weight is 266 g/mol. The Labute approximate surface area is 106 Å². The van der Waals surface area contributed by atoms with E-state index in [1.54, 1.807) is 32.4 Å². The van der Waals surface area contributed by atoms with Gasteiger partial charge in [-0.15, -0.1) is 0 Å². The molecule has 18 heavy (non-hydrogen) atoms. The topological polar surface area (TPSA) is 76.9 Å². The highest BCUT2D eigenvalue weighted by Crippen LogP contribution is 2.15. The Balaban J connectivity index is 2.19. The molecule has 0 saturated carbocycles. The normalized spacial score (nSPS) is 13.4. The predicted molar refractivity (Wildman–Crippen MR) is 66.2 cm³/mol. The quantitative estimate of drug-likeness (QED) is 0.890. The molecule has 1 atom stereocenters. The summed E-state index contributed by atoms with van der Waals surface area (Å²) in [6.45, 7) is 1.77. The Kier molecular flexibility index (Phi) is 3.44. The van der Waals surface area contributed by atoms with Crippen LogP contribution in [0.2, 0.25) is 0 Å². The van der Waals surface area contributed by atoms with Gasteiger partial charge in [-0.25, -0.2) is 13.1 Å². The largest absolute Gasteiger partial charge is 0.274 e. The Morgan fingerprint density at radius 1 is 1.39 bits per heavy atom. The van der Waals surface area contributed by atoms with Gasteiger partial charge in [-0.1, -0.05) is 6.07 Å². The molecule has 0 unspecified atom stereocenters. The summed E-state index contributed by atoms with van der Waals surface area (Å²) in [5.41, 5.74) is 0.810. The minimum absolute atomic E-state index is 0.153. The van der Waals surface area contributed by atoms with Crippen molar-refractivity contribution in [1.29, 1.82) is 0 Å². The lowest BCUT2D eigenvalue weighted by atomic mass is 10.2. The number of hydrogen-bond acceptors (Lipinski definition) is 4. The summed E-state index contributed by atoms with van der Waals surface area (Å²) in [7, 11) is -1.88. The van der Waals surface area contributed by atoms with Gasteiger partial charge in [0.15, 0.2) is 0 Å². The second-order valence-electron chi connectivity index (χ2n) is 3.98. The number of aryl methyl sites for hydroxylation is 1. The maximum Gasteiger partial charge on any atom is 0.244 e. The first-order valence-electron chi connectivity index (χ1n) is 5.40. The van der Waals surface area contributed by atoms with Crippen LogP contribution in [-0.2, 0) is 17.1 Å². The Morgan fingerprint density at radius 3 is 2.72 bits per heavy atom. The van der Waals surface area contributed by atoms with Crippen molar-refractivity contribution in [2.75, 3.05) is 0 Å². The first-order chi connectivity index (χ1) is 8.49. The summed E-state index contributed by atoms with van der Waals surface area (Å²) in [4.78, 5) is 4.11. The molecule has 0 fully saturated rings. The molecule has 1 N–H and O–H groups in total. The summed E-state index contributed by atoms with van der Waals surface area (Å²) in [5.74, 6) is 0. The van der Waals surface area contributed by atoms with Crippen LogP contribution in [0.4, 0.5) is 0 Å². The van der Waals surface area contributed by atoms with Crippen LogP contribution >= 0.6 is 0 Å². The van der Waals surface area contributed by atoms with Crippen molar-refractivity contribution in [3.8, 4) is 0 Å². The van der Waals surface area contributed by atoms with Gasteiger partial charge >= 0.3 is 0 Å². The number of hydrogen-bond donors (Lipinski definition) is 1. The van der Waals surface area contributed by atoms with E-state index < -0.39 is 10.0 Å². The molecule has 0 aliphatic heterocycles. The third kappa shape index (κ3) is 2.74. The van der Waals surface area contributed by atoms with E-state index in [-0.39, 0.29) is 10.9 Å². The van der Waals surface area contributed by atoms with Gasteiger partial charge in [0, 0.05) is 31.7 Å². The molecular weight excluding hydrogens is 252 g/mol. The minimum Gasteiger partial charge on any atom is -0.274 e. The highest BCUT2D eigenvalue weighted by Gasteiger charge is 2.19. The smallest absolute Gasteiger partial charge is 0.244 e. The number of pyridine rings is 1. The molecule has 0 bridgehead atoms.